The highest BCUT2D eigenvalue weighted by molar-refractivity contribution is 5.72. The summed E-state index contributed by atoms with van der Waals surface area (Å²) in [5.41, 5.74) is -1.56. The smallest absolute Gasteiger partial charge is 0.294 e. The van der Waals surface area contributed by atoms with Crippen molar-refractivity contribution in [3.63, 3.8) is 0 Å². The van der Waals surface area contributed by atoms with Gasteiger partial charge in [-0.1, -0.05) is 19.3 Å². The predicted octanol–water partition coefficient (Wildman–Crippen LogP) is 3.32. The van der Waals surface area contributed by atoms with Crippen molar-refractivity contribution in [2.75, 3.05) is 0 Å². The van der Waals surface area contributed by atoms with Crippen molar-refractivity contribution >= 4 is 11.0 Å². The van der Waals surface area contributed by atoms with Crippen LogP contribution in [-0.4, -0.2) is 14.5 Å². The van der Waals surface area contributed by atoms with Crippen molar-refractivity contribution in [2.24, 2.45) is 0 Å². The minimum Gasteiger partial charge on any atom is -0.294 e. The number of rotatable bonds is 1. The van der Waals surface area contributed by atoms with Crippen LogP contribution in [-0.2, 0) is 6.18 Å². The lowest BCUT2D eigenvalue weighted by Gasteiger charge is -2.23. The molecule has 4 nitrogen and oxygen atoms in total. The Bertz CT molecular complexity index is 717. The molecule has 0 N–H and O–H groups in total. The fraction of sp³-hybridized carbons (Fsp3) is 0.500. The summed E-state index contributed by atoms with van der Waals surface area (Å²) in [6.45, 7) is 0. The van der Waals surface area contributed by atoms with Crippen LogP contribution in [0.5, 0.6) is 0 Å². The standard InChI is InChI=1S/C14H14F3N3O/c15-14(16,17)11-7-6-10-12(19-11)13(21)20(8-18-10)9-4-2-1-3-5-9/h6-9H,1-5H2. The van der Waals surface area contributed by atoms with Gasteiger partial charge in [-0.25, -0.2) is 9.97 Å². The zero-order chi connectivity index (χ0) is 15.0. The second-order valence-electron chi connectivity index (χ2n) is 5.31. The predicted molar refractivity (Wildman–Crippen MR) is 70.9 cm³/mol. The molecule has 0 unspecified atom stereocenters. The van der Waals surface area contributed by atoms with Crippen LogP contribution < -0.4 is 5.56 Å². The average molecular weight is 297 g/mol. The third kappa shape index (κ3) is 2.64. The molecule has 0 radical (unpaired) electrons. The van der Waals surface area contributed by atoms with Crippen LogP contribution in [0.3, 0.4) is 0 Å². The third-order valence-electron chi connectivity index (χ3n) is 3.89. The molecule has 112 valence electrons. The molecule has 1 aliphatic carbocycles. The zero-order valence-electron chi connectivity index (χ0n) is 11.2. The van der Waals surface area contributed by atoms with E-state index in [4.69, 9.17) is 0 Å². The summed E-state index contributed by atoms with van der Waals surface area (Å²) >= 11 is 0. The summed E-state index contributed by atoms with van der Waals surface area (Å²) in [7, 11) is 0. The van der Waals surface area contributed by atoms with E-state index in [0.29, 0.717) is 0 Å². The molecule has 7 heteroatoms. The monoisotopic (exact) mass is 297 g/mol. The van der Waals surface area contributed by atoms with Crippen molar-refractivity contribution in [3.05, 3.63) is 34.5 Å². The highest BCUT2D eigenvalue weighted by Gasteiger charge is 2.33. The Morgan fingerprint density at radius 2 is 1.86 bits per heavy atom. The van der Waals surface area contributed by atoms with Crippen LogP contribution >= 0.6 is 0 Å². The average Bonchev–Trinajstić information content (AvgIpc) is 2.47. The molecule has 0 atom stereocenters. The number of alkyl halides is 3. The number of hydrogen-bond acceptors (Lipinski definition) is 3. The van der Waals surface area contributed by atoms with Gasteiger partial charge < -0.3 is 0 Å². The van der Waals surface area contributed by atoms with Crippen molar-refractivity contribution in [2.45, 2.75) is 44.3 Å². The number of fused-ring (bicyclic) bond motifs is 1. The lowest BCUT2D eigenvalue weighted by atomic mass is 9.95. The summed E-state index contributed by atoms with van der Waals surface area (Å²) in [6, 6.07) is 2.05. The second-order valence-corrected chi connectivity index (χ2v) is 5.31. The molecular formula is C14H14F3N3O. The van der Waals surface area contributed by atoms with Crippen LogP contribution in [0.1, 0.15) is 43.8 Å². The van der Waals surface area contributed by atoms with E-state index in [1.165, 1.54) is 17.0 Å². The SMILES string of the molecule is O=c1c2nc(C(F)(F)F)ccc2ncn1C1CCCCC1. The van der Waals surface area contributed by atoms with E-state index in [9.17, 15) is 18.0 Å². The van der Waals surface area contributed by atoms with Crippen LogP contribution in [0.25, 0.3) is 11.0 Å². The van der Waals surface area contributed by atoms with Gasteiger partial charge in [-0.3, -0.25) is 9.36 Å². The molecule has 2 heterocycles. The summed E-state index contributed by atoms with van der Waals surface area (Å²) in [6.07, 6.45) is 1.74. The van der Waals surface area contributed by atoms with E-state index < -0.39 is 17.4 Å². The van der Waals surface area contributed by atoms with Gasteiger partial charge in [0.2, 0.25) is 0 Å². The van der Waals surface area contributed by atoms with Crippen LogP contribution in [0.15, 0.2) is 23.3 Å². The molecule has 3 rings (SSSR count). The van der Waals surface area contributed by atoms with E-state index in [-0.39, 0.29) is 17.1 Å². The molecule has 1 fully saturated rings. The van der Waals surface area contributed by atoms with E-state index in [2.05, 4.69) is 9.97 Å². The fourth-order valence-electron chi connectivity index (χ4n) is 2.79. The first-order valence-electron chi connectivity index (χ1n) is 6.92. The summed E-state index contributed by atoms with van der Waals surface area (Å²) in [5, 5.41) is 0. The van der Waals surface area contributed by atoms with Gasteiger partial charge in [-0.15, -0.1) is 0 Å². The van der Waals surface area contributed by atoms with E-state index in [0.717, 1.165) is 38.2 Å². The number of nitrogens with zero attached hydrogens (tertiary/aromatic N) is 3. The Kier molecular flexibility index (Phi) is 3.43. The molecule has 0 spiro atoms. The molecule has 0 aromatic carbocycles. The van der Waals surface area contributed by atoms with E-state index in [1.54, 1.807) is 0 Å². The highest BCUT2D eigenvalue weighted by Crippen LogP contribution is 2.29. The van der Waals surface area contributed by atoms with Crippen molar-refractivity contribution < 1.29 is 13.2 Å². The molecule has 2 aromatic heterocycles. The van der Waals surface area contributed by atoms with Gasteiger partial charge in [0, 0.05) is 6.04 Å². The number of aromatic nitrogens is 3. The van der Waals surface area contributed by atoms with Gasteiger partial charge in [-0.05, 0) is 25.0 Å². The van der Waals surface area contributed by atoms with Crippen LogP contribution in [0, 0.1) is 0 Å². The Hall–Kier alpha value is -1.92. The third-order valence-corrected chi connectivity index (χ3v) is 3.89. The summed E-state index contributed by atoms with van der Waals surface area (Å²) in [4.78, 5) is 20.0. The van der Waals surface area contributed by atoms with E-state index in [1.807, 2.05) is 0 Å². The molecule has 0 bridgehead atoms. The topological polar surface area (TPSA) is 47.8 Å². The molecule has 0 amide bonds. The summed E-state index contributed by atoms with van der Waals surface area (Å²) in [5.74, 6) is 0. The Morgan fingerprint density at radius 3 is 2.52 bits per heavy atom. The fourth-order valence-corrected chi connectivity index (χ4v) is 2.79. The maximum atomic E-state index is 12.7. The lowest BCUT2D eigenvalue weighted by molar-refractivity contribution is -0.140. The summed E-state index contributed by atoms with van der Waals surface area (Å²) < 4.78 is 39.6. The molecule has 0 aliphatic heterocycles. The normalized spacial score (nSPS) is 17.3. The Labute approximate surface area is 118 Å². The maximum Gasteiger partial charge on any atom is 0.433 e. The number of halogens is 3. The zero-order valence-corrected chi connectivity index (χ0v) is 11.2. The number of pyridine rings is 1. The molecule has 21 heavy (non-hydrogen) atoms. The first kappa shape index (κ1) is 14.0. The lowest BCUT2D eigenvalue weighted by Crippen LogP contribution is -2.27. The Balaban J connectivity index is 2.12. The first-order valence-corrected chi connectivity index (χ1v) is 6.92. The largest absolute Gasteiger partial charge is 0.433 e. The highest BCUT2D eigenvalue weighted by atomic mass is 19.4. The molecule has 1 saturated carbocycles. The van der Waals surface area contributed by atoms with Gasteiger partial charge >= 0.3 is 6.18 Å². The molecule has 0 saturated heterocycles. The van der Waals surface area contributed by atoms with Gasteiger partial charge in [-0.2, -0.15) is 13.2 Å². The van der Waals surface area contributed by atoms with Gasteiger partial charge in [0.1, 0.15) is 5.69 Å². The minimum absolute atomic E-state index is 0.0134. The van der Waals surface area contributed by atoms with Crippen LogP contribution in [0.2, 0.25) is 0 Å². The van der Waals surface area contributed by atoms with Gasteiger partial charge in [0.05, 0.1) is 11.8 Å². The van der Waals surface area contributed by atoms with Crippen molar-refractivity contribution in [1.82, 2.24) is 14.5 Å². The molecular weight excluding hydrogens is 283 g/mol. The Morgan fingerprint density at radius 1 is 1.14 bits per heavy atom. The molecule has 2 aromatic rings. The second kappa shape index (κ2) is 5.13. The quantitative estimate of drug-likeness (QED) is 0.811. The van der Waals surface area contributed by atoms with Crippen molar-refractivity contribution in [3.8, 4) is 0 Å². The van der Waals surface area contributed by atoms with Gasteiger partial charge in [0.25, 0.3) is 5.56 Å². The minimum atomic E-state index is -4.56. The maximum absolute atomic E-state index is 12.7. The molecule has 1 aliphatic rings. The van der Waals surface area contributed by atoms with Crippen molar-refractivity contribution in [1.29, 1.82) is 0 Å². The number of hydrogen-bond donors (Lipinski definition) is 0. The van der Waals surface area contributed by atoms with Crippen LogP contribution in [0.4, 0.5) is 13.2 Å². The van der Waals surface area contributed by atoms with E-state index >= 15 is 0 Å². The van der Waals surface area contributed by atoms with Gasteiger partial charge in [0.15, 0.2) is 5.52 Å². The first-order chi connectivity index (χ1) is 9.97.